The van der Waals surface area contributed by atoms with E-state index >= 15 is 0 Å². The van der Waals surface area contributed by atoms with Crippen LogP contribution in [0.3, 0.4) is 0 Å². The average Bonchev–Trinajstić information content (AvgIpc) is 1.88. The molecule has 0 radical (unpaired) electrons. The summed E-state index contributed by atoms with van der Waals surface area (Å²) in [5.41, 5.74) is 11.6. The number of nitrogen functional groups attached to an aromatic ring is 1. The molecule has 4 N–H and O–H groups in total. The number of hydrogen-bond donors (Lipinski definition) is 2. The van der Waals surface area contributed by atoms with Crippen molar-refractivity contribution in [2.75, 3.05) is 5.73 Å². The van der Waals surface area contributed by atoms with Crippen molar-refractivity contribution in [2.24, 2.45) is 5.73 Å². The minimum Gasteiger partial charge on any atom is -0.382 e. The van der Waals surface area contributed by atoms with Crippen LogP contribution >= 0.6 is 0 Å². The van der Waals surface area contributed by atoms with Crippen molar-refractivity contribution in [3.8, 4) is 0 Å². The summed E-state index contributed by atoms with van der Waals surface area (Å²) in [4.78, 5) is 7.80. The fourth-order valence-electron chi connectivity index (χ4n) is 0.616. The Hall–Kier alpha value is -1.16. The maximum atomic E-state index is 5.52. The zero-order valence-corrected chi connectivity index (χ0v) is 5.78. The Kier molecular flexibility index (Phi) is 1.82. The first-order chi connectivity index (χ1) is 4.70. The molecular formula is C6H10N4. The summed E-state index contributed by atoms with van der Waals surface area (Å²) in [7, 11) is 0. The molecule has 0 aromatic carbocycles. The molecule has 0 saturated carbocycles. The minimum absolute atomic E-state index is 0.101. The van der Waals surface area contributed by atoms with Crippen molar-refractivity contribution in [3.05, 3.63) is 18.1 Å². The Morgan fingerprint density at radius 1 is 1.50 bits per heavy atom. The lowest BCUT2D eigenvalue weighted by Gasteiger charge is -2.02. The van der Waals surface area contributed by atoms with Gasteiger partial charge in [0, 0.05) is 6.04 Å². The fraction of sp³-hybridized carbons (Fsp3) is 0.333. The number of anilines is 1. The summed E-state index contributed by atoms with van der Waals surface area (Å²) in [5.74, 6) is 0.412. The number of rotatable bonds is 1. The van der Waals surface area contributed by atoms with Gasteiger partial charge in [0.05, 0.1) is 18.1 Å². The smallest absolute Gasteiger partial charge is 0.142 e. The van der Waals surface area contributed by atoms with E-state index in [4.69, 9.17) is 11.5 Å². The van der Waals surface area contributed by atoms with E-state index < -0.39 is 0 Å². The zero-order valence-electron chi connectivity index (χ0n) is 5.78. The molecule has 10 heavy (non-hydrogen) atoms. The maximum Gasteiger partial charge on any atom is 0.142 e. The Balaban J connectivity index is 2.96. The summed E-state index contributed by atoms with van der Waals surface area (Å²) in [6, 6.07) is -0.101. The summed E-state index contributed by atoms with van der Waals surface area (Å²) in [6.45, 7) is 1.84. The Bertz CT molecular complexity index is 221. The Labute approximate surface area is 59.3 Å². The van der Waals surface area contributed by atoms with Gasteiger partial charge >= 0.3 is 0 Å². The predicted octanol–water partition coefficient (Wildman–Crippen LogP) is 0.0785. The van der Waals surface area contributed by atoms with Crippen LogP contribution in [0, 0.1) is 0 Å². The van der Waals surface area contributed by atoms with Crippen LogP contribution in [0.1, 0.15) is 18.7 Å². The SMILES string of the molecule is C[C@@H](N)c1cncc(N)n1. The predicted molar refractivity (Wildman–Crippen MR) is 39.0 cm³/mol. The third-order valence-electron chi connectivity index (χ3n) is 1.14. The van der Waals surface area contributed by atoms with Gasteiger partial charge in [-0.25, -0.2) is 4.98 Å². The fourth-order valence-corrected chi connectivity index (χ4v) is 0.616. The second kappa shape index (κ2) is 2.62. The van der Waals surface area contributed by atoms with Gasteiger partial charge in [0.15, 0.2) is 0 Å². The monoisotopic (exact) mass is 138 g/mol. The van der Waals surface area contributed by atoms with E-state index in [2.05, 4.69) is 9.97 Å². The van der Waals surface area contributed by atoms with E-state index in [1.54, 1.807) is 6.20 Å². The normalized spacial score (nSPS) is 13.0. The molecule has 1 rings (SSSR count). The zero-order chi connectivity index (χ0) is 7.56. The van der Waals surface area contributed by atoms with E-state index in [0.717, 1.165) is 5.69 Å². The van der Waals surface area contributed by atoms with Crippen LogP contribution in [0.25, 0.3) is 0 Å². The van der Waals surface area contributed by atoms with E-state index in [9.17, 15) is 0 Å². The molecular weight excluding hydrogens is 128 g/mol. The third-order valence-corrected chi connectivity index (χ3v) is 1.14. The van der Waals surface area contributed by atoms with Gasteiger partial charge in [0.2, 0.25) is 0 Å². The Morgan fingerprint density at radius 2 is 2.20 bits per heavy atom. The number of aromatic nitrogens is 2. The van der Waals surface area contributed by atoms with Crippen LogP contribution in [0.5, 0.6) is 0 Å². The van der Waals surface area contributed by atoms with Gasteiger partial charge in [-0.2, -0.15) is 0 Å². The molecule has 1 aromatic rings. The summed E-state index contributed by atoms with van der Waals surface area (Å²) >= 11 is 0. The third kappa shape index (κ3) is 1.41. The van der Waals surface area contributed by atoms with Crippen molar-refractivity contribution in [3.63, 3.8) is 0 Å². The van der Waals surface area contributed by atoms with Crippen LogP contribution in [-0.2, 0) is 0 Å². The van der Waals surface area contributed by atoms with Gasteiger partial charge in [-0.1, -0.05) is 0 Å². The molecule has 1 atom stereocenters. The van der Waals surface area contributed by atoms with E-state index in [-0.39, 0.29) is 6.04 Å². The molecule has 0 aliphatic heterocycles. The number of hydrogen-bond acceptors (Lipinski definition) is 4. The summed E-state index contributed by atoms with van der Waals surface area (Å²) < 4.78 is 0. The van der Waals surface area contributed by atoms with Gasteiger partial charge in [-0.3, -0.25) is 4.98 Å². The Morgan fingerprint density at radius 3 is 2.60 bits per heavy atom. The van der Waals surface area contributed by atoms with Crippen LogP contribution in [0.4, 0.5) is 5.82 Å². The molecule has 0 fully saturated rings. The standard InChI is InChI=1S/C6H10N4/c1-4(7)5-2-9-3-6(8)10-5/h2-4H,7H2,1H3,(H2,8,10)/t4-/m1/s1. The lowest BCUT2D eigenvalue weighted by molar-refractivity contribution is 0.775. The van der Waals surface area contributed by atoms with E-state index in [1.165, 1.54) is 6.20 Å². The first-order valence-corrected chi connectivity index (χ1v) is 3.03. The highest BCUT2D eigenvalue weighted by Crippen LogP contribution is 2.04. The first-order valence-electron chi connectivity index (χ1n) is 3.03. The lowest BCUT2D eigenvalue weighted by Crippen LogP contribution is -2.08. The summed E-state index contributed by atoms with van der Waals surface area (Å²) in [5, 5.41) is 0. The first kappa shape index (κ1) is 6.95. The van der Waals surface area contributed by atoms with Gasteiger partial charge < -0.3 is 11.5 Å². The minimum atomic E-state index is -0.101. The largest absolute Gasteiger partial charge is 0.382 e. The molecule has 0 saturated heterocycles. The van der Waals surface area contributed by atoms with Gasteiger partial charge in [-0.05, 0) is 6.92 Å². The molecule has 1 heterocycles. The highest BCUT2D eigenvalue weighted by atomic mass is 14.9. The highest BCUT2D eigenvalue weighted by Gasteiger charge is 1.99. The van der Waals surface area contributed by atoms with Crippen LogP contribution in [-0.4, -0.2) is 9.97 Å². The number of nitrogens with zero attached hydrogens (tertiary/aromatic N) is 2. The van der Waals surface area contributed by atoms with Crippen molar-refractivity contribution >= 4 is 5.82 Å². The molecule has 0 aliphatic rings. The maximum absolute atomic E-state index is 5.52. The molecule has 4 nitrogen and oxygen atoms in total. The van der Waals surface area contributed by atoms with Crippen molar-refractivity contribution < 1.29 is 0 Å². The molecule has 0 aliphatic carbocycles. The van der Waals surface area contributed by atoms with Gasteiger partial charge in [0.1, 0.15) is 5.82 Å². The van der Waals surface area contributed by atoms with Crippen molar-refractivity contribution in [1.82, 2.24) is 9.97 Å². The van der Waals surface area contributed by atoms with Gasteiger partial charge in [0.25, 0.3) is 0 Å². The molecule has 54 valence electrons. The average molecular weight is 138 g/mol. The second-order valence-corrected chi connectivity index (χ2v) is 2.16. The number of nitrogens with two attached hydrogens (primary N) is 2. The highest BCUT2D eigenvalue weighted by molar-refractivity contribution is 5.24. The molecule has 0 bridgehead atoms. The summed E-state index contributed by atoms with van der Waals surface area (Å²) in [6.07, 6.45) is 3.10. The lowest BCUT2D eigenvalue weighted by atomic mass is 10.3. The quantitative estimate of drug-likeness (QED) is 0.576. The van der Waals surface area contributed by atoms with Crippen LogP contribution in [0.15, 0.2) is 12.4 Å². The topological polar surface area (TPSA) is 77.8 Å². The van der Waals surface area contributed by atoms with Gasteiger partial charge in [-0.15, -0.1) is 0 Å². The van der Waals surface area contributed by atoms with Crippen LogP contribution in [0.2, 0.25) is 0 Å². The molecule has 0 amide bonds. The second-order valence-electron chi connectivity index (χ2n) is 2.16. The van der Waals surface area contributed by atoms with Crippen LogP contribution < -0.4 is 11.5 Å². The van der Waals surface area contributed by atoms with E-state index in [0.29, 0.717) is 5.82 Å². The molecule has 0 unspecified atom stereocenters. The van der Waals surface area contributed by atoms with E-state index in [1.807, 2.05) is 6.92 Å². The molecule has 0 spiro atoms. The molecule has 1 aromatic heterocycles. The van der Waals surface area contributed by atoms with Crippen molar-refractivity contribution in [2.45, 2.75) is 13.0 Å². The van der Waals surface area contributed by atoms with Crippen molar-refractivity contribution in [1.29, 1.82) is 0 Å². The molecule has 4 heteroatoms.